The summed E-state index contributed by atoms with van der Waals surface area (Å²) in [5.41, 5.74) is 3.59. The molecule has 0 fully saturated rings. The Morgan fingerprint density at radius 2 is 1.76 bits per heavy atom. The van der Waals surface area contributed by atoms with Gasteiger partial charge in [-0.3, -0.25) is 4.98 Å². The van der Waals surface area contributed by atoms with Crippen molar-refractivity contribution >= 4 is 26.8 Å². The highest BCUT2D eigenvalue weighted by atomic mass is 79.9. The van der Waals surface area contributed by atoms with Crippen LogP contribution in [0.5, 0.6) is 0 Å². The van der Waals surface area contributed by atoms with Gasteiger partial charge in [0.05, 0.1) is 10.2 Å². The molecule has 2 nitrogen and oxygen atoms in total. The molecule has 0 bridgehead atoms. The number of para-hydroxylation sites is 1. The second-order valence-corrected chi connectivity index (χ2v) is 4.77. The van der Waals surface area contributed by atoms with Crippen LogP contribution in [0.4, 0.5) is 0 Å². The van der Waals surface area contributed by atoms with Gasteiger partial charge >= 0.3 is 0 Å². The number of hydrogen-bond donors (Lipinski definition) is 0. The molecule has 3 aromatic rings. The van der Waals surface area contributed by atoms with Crippen molar-refractivity contribution in [3.63, 3.8) is 0 Å². The fraction of sp³-hybridized carbons (Fsp3) is 0.0714. The van der Waals surface area contributed by atoms with Crippen LogP contribution in [0, 0.1) is 0 Å². The molecule has 0 amide bonds. The maximum Gasteiger partial charge on any atom is 0.0634 e. The first-order valence-corrected chi connectivity index (χ1v) is 6.21. The summed E-state index contributed by atoms with van der Waals surface area (Å²) in [6.07, 6.45) is 3.64. The van der Waals surface area contributed by atoms with Crippen LogP contribution < -0.4 is 0 Å². The van der Waals surface area contributed by atoms with E-state index in [0.717, 1.165) is 4.47 Å². The summed E-state index contributed by atoms with van der Waals surface area (Å²) in [6, 6.07) is 12.4. The molecule has 0 unspecified atom stereocenters. The second kappa shape index (κ2) is 4.00. The smallest absolute Gasteiger partial charge is 0.0634 e. The van der Waals surface area contributed by atoms with Crippen LogP contribution in [-0.2, 0) is 7.05 Å². The zero-order valence-corrected chi connectivity index (χ0v) is 11.0. The SMILES string of the molecule is Cn1c(-c2ccncc2)c(Br)c2ccccc21. The van der Waals surface area contributed by atoms with Crippen LogP contribution in [0.1, 0.15) is 0 Å². The maximum absolute atomic E-state index is 4.06. The van der Waals surface area contributed by atoms with Crippen molar-refractivity contribution in [2.24, 2.45) is 7.05 Å². The number of aromatic nitrogens is 2. The average molecular weight is 287 g/mol. The van der Waals surface area contributed by atoms with E-state index in [0.29, 0.717) is 0 Å². The standard InChI is InChI=1S/C14H11BrN2/c1-17-12-5-3-2-4-11(12)13(15)14(17)10-6-8-16-9-7-10/h2-9H,1H3. The molecule has 84 valence electrons. The molecule has 3 rings (SSSR count). The molecule has 0 N–H and O–H groups in total. The van der Waals surface area contributed by atoms with Crippen LogP contribution in [0.3, 0.4) is 0 Å². The number of pyridine rings is 1. The Morgan fingerprint density at radius 1 is 1.06 bits per heavy atom. The maximum atomic E-state index is 4.06. The van der Waals surface area contributed by atoms with Crippen molar-refractivity contribution in [3.8, 4) is 11.3 Å². The summed E-state index contributed by atoms with van der Waals surface area (Å²) >= 11 is 3.70. The van der Waals surface area contributed by atoms with E-state index >= 15 is 0 Å². The summed E-state index contributed by atoms with van der Waals surface area (Å²) in [5, 5.41) is 1.24. The molecular weight excluding hydrogens is 276 g/mol. The lowest BCUT2D eigenvalue weighted by Gasteiger charge is -2.04. The van der Waals surface area contributed by atoms with Gasteiger partial charge < -0.3 is 4.57 Å². The largest absolute Gasteiger partial charge is 0.343 e. The lowest BCUT2D eigenvalue weighted by atomic mass is 10.2. The summed E-state index contributed by atoms with van der Waals surface area (Å²) in [5.74, 6) is 0. The molecule has 2 aromatic heterocycles. The fourth-order valence-electron chi connectivity index (χ4n) is 2.18. The topological polar surface area (TPSA) is 17.8 Å². The molecule has 0 aliphatic carbocycles. The van der Waals surface area contributed by atoms with Gasteiger partial charge in [0.25, 0.3) is 0 Å². The van der Waals surface area contributed by atoms with Crippen molar-refractivity contribution < 1.29 is 0 Å². The van der Waals surface area contributed by atoms with E-state index in [-0.39, 0.29) is 0 Å². The normalized spacial score (nSPS) is 10.9. The first-order valence-electron chi connectivity index (χ1n) is 5.42. The lowest BCUT2D eigenvalue weighted by molar-refractivity contribution is 0.975. The van der Waals surface area contributed by atoms with Crippen LogP contribution >= 0.6 is 15.9 Å². The van der Waals surface area contributed by atoms with Gasteiger partial charge in [0, 0.05) is 35.9 Å². The minimum Gasteiger partial charge on any atom is -0.343 e. The van der Waals surface area contributed by atoms with Crippen molar-refractivity contribution in [3.05, 3.63) is 53.3 Å². The van der Waals surface area contributed by atoms with Crippen LogP contribution in [0.15, 0.2) is 53.3 Å². The van der Waals surface area contributed by atoms with E-state index < -0.39 is 0 Å². The Hall–Kier alpha value is -1.61. The molecule has 0 aliphatic rings. The third-order valence-electron chi connectivity index (χ3n) is 3.00. The monoisotopic (exact) mass is 286 g/mol. The molecule has 1 aromatic carbocycles. The van der Waals surface area contributed by atoms with E-state index in [1.807, 2.05) is 24.5 Å². The highest BCUT2D eigenvalue weighted by Crippen LogP contribution is 2.36. The molecular formula is C14H11BrN2. The molecule has 0 aliphatic heterocycles. The summed E-state index contributed by atoms with van der Waals surface area (Å²) < 4.78 is 3.34. The molecule has 0 saturated carbocycles. The minimum absolute atomic E-state index is 1.14. The number of benzene rings is 1. The van der Waals surface area contributed by atoms with Crippen LogP contribution in [-0.4, -0.2) is 9.55 Å². The van der Waals surface area contributed by atoms with Crippen molar-refractivity contribution in [1.82, 2.24) is 9.55 Å². The van der Waals surface area contributed by atoms with Gasteiger partial charge in [-0.2, -0.15) is 0 Å². The fourth-order valence-corrected chi connectivity index (χ4v) is 3.01. The molecule has 0 radical (unpaired) electrons. The van der Waals surface area contributed by atoms with Crippen molar-refractivity contribution in [1.29, 1.82) is 0 Å². The zero-order chi connectivity index (χ0) is 11.8. The number of halogens is 1. The van der Waals surface area contributed by atoms with E-state index in [1.54, 1.807) is 0 Å². The molecule has 2 heterocycles. The van der Waals surface area contributed by atoms with E-state index in [2.05, 4.69) is 56.8 Å². The van der Waals surface area contributed by atoms with Crippen molar-refractivity contribution in [2.75, 3.05) is 0 Å². The first kappa shape index (κ1) is 10.5. The van der Waals surface area contributed by atoms with Gasteiger partial charge in [0.15, 0.2) is 0 Å². The Bertz CT molecular complexity index is 632. The van der Waals surface area contributed by atoms with Crippen LogP contribution in [0.2, 0.25) is 0 Å². The summed E-state index contributed by atoms with van der Waals surface area (Å²) in [4.78, 5) is 4.06. The summed E-state index contributed by atoms with van der Waals surface area (Å²) in [6.45, 7) is 0. The van der Waals surface area contributed by atoms with Gasteiger partial charge in [-0.1, -0.05) is 18.2 Å². The molecule has 0 spiro atoms. The van der Waals surface area contributed by atoms with Gasteiger partial charge in [-0.25, -0.2) is 0 Å². The molecule has 0 atom stereocenters. The number of rotatable bonds is 1. The molecule has 17 heavy (non-hydrogen) atoms. The van der Waals surface area contributed by atoms with E-state index in [1.165, 1.54) is 22.2 Å². The number of hydrogen-bond acceptors (Lipinski definition) is 1. The van der Waals surface area contributed by atoms with Gasteiger partial charge in [-0.05, 0) is 34.1 Å². The quantitative estimate of drug-likeness (QED) is 0.661. The Kier molecular flexibility index (Phi) is 2.48. The van der Waals surface area contributed by atoms with E-state index in [4.69, 9.17) is 0 Å². The zero-order valence-electron chi connectivity index (χ0n) is 9.39. The predicted molar refractivity (Wildman–Crippen MR) is 73.9 cm³/mol. The predicted octanol–water partition coefficient (Wildman–Crippen LogP) is 4.00. The Balaban J connectivity index is 2.38. The molecule has 3 heteroatoms. The number of nitrogens with zero attached hydrogens (tertiary/aromatic N) is 2. The highest BCUT2D eigenvalue weighted by molar-refractivity contribution is 9.10. The molecule has 0 saturated heterocycles. The van der Waals surface area contributed by atoms with Gasteiger partial charge in [-0.15, -0.1) is 0 Å². The summed E-state index contributed by atoms with van der Waals surface area (Å²) in [7, 11) is 2.09. The average Bonchev–Trinajstić information content (AvgIpc) is 2.64. The second-order valence-electron chi connectivity index (χ2n) is 3.97. The minimum atomic E-state index is 1.14. The van der Waals surface area contributed by atoms with Crippen LogP contribution in [0.25, 0.3) is 22.2 Å². The third kappa shape index (κ3) is 1.58. The van der Waals surface area contributed by atoms with Crippen molar-refractivity contribution in [2.45, 2.75) is 0 Å². The number of aryl methyl sites for hydroxylation is 1. The lowest BCUT2D eigenvalue weighted by Crippen LogP contribution is -1.91. The third-order valence-corrected chi connectivity index (χ3v) is 3.80. The van der Waals surface area contributed by atoms with E-state index in [9.17, 15) is 0 Å². The Morgan fingerprint density at radius 3 is 2.47 bits per heavy atom. The highest BCUT2D eigenvalue weighted by Gasteiger charge is 2.13. The first-order chi connectivity index (χ1) is 8.29. The van der Waals surface area contributed by atoms with Gasteiger partial charge in [0.2, 0.25) is 0 Å². The number of fused-ring (bicyclic) bond motifs is 1. The Labute approximate surface area is 108 Å². The van der Waals surface area contributed by atoms with Gasteiger partial charge in [0.1, 0.15) is 0 Å².